The van der Waals surface area contributed by atoms with Gasteiger partial charge in [0.25, 0.3) is 5.69 Å². The molecule has 2 rings (SSSR count). The smallest absolute Gasteiger partial charge is 0.274 e. The zero-order valence-electron chi connectivity index (χ0n) is 9.26. The molecule has 1 saturated heterocycles. The van der Waals surface area contributed by atoms with Gasteiger partial charge >= 0.3 is 0 Å². The lowest BCUT2D eigenvalue weighted by molar-refractivity contribution is -0.385. The highest BCUT2D eigenvalue weighted by atomic mass is 32.2. The summed E-state index contributed by atoms with van der Waals surface area (Å²) in [7, 11) is 0. The number of nitro benzene ring substituents is 1. The summed E-state index contributed by atoms with van der Waals surface area (Å²) in [6.07, 6.45) is 1.02. The molecule has 1 aliphatic rings. The molecule has 92 valence electrons. The topological polar surface area (TPSA) is 46.4 Å². The van der Waals surface area contributed by atoms with Crippen LogP contribution in [-0.4, -0.2) is 29.5 Å². The highest BCUT2D eigenvalue weighted by Crippen LogP contribution is 2.25. The monoisotopic (exact) mass is 256 g/mol. The van der Waals surface area contributed by atoms with Crippen molar-refractivity contribution in [1.82, 2.24) is 0 Å². The summed E-state index contributed by atoms with van der Waals surface area (Å²) < 4.78 is 13.3. The van der Waals surface area contributed by atoms with E-state index >= 15 is 0 Å². The number of rotatable bonds is 2. The maximum atomic E-state index is 13.3. The number of non-ortho nitro benzene ring substituents is 1. The fourth-order valence-electron chi connectivity index (χ4n) is 1.85. The van der Waals surface area contributed by atoms with Crippen molar-refractivity contribution in [2.45, 2.75) is 6.42 Å². The maximum Gasteiger partial charge on any atom is 0.274 e. The minimum absolute atomic E-state index is 0.183. The van der Waals surface area contributed by atoms with Gasteiger partial charge in [-0.2, -0.15) is 11.8 Å². The summed E-state index contributed by atoms with van der Waals surface area (Å²) in [6, 6.07) is 3.76. The molecule has 1 aromatic carbocycles. The molecule has 0 amide bonds. The molecule has 0 saturated carbocycles. The van der Waals surface area contributed by atoms with Crippen LogP contribution in [-0.2, 0) is 0 Å². The molecule has 0 N–H and O–H groups in total. The second-order valence-electron chi connectivity index (χ2n) is 3.88. The minimum atomic E-state index is -0.556. The average Bonchev–Trinajstić information content (AvgIpc) is 2.56. The summed E-state index contributed by atoms with van der Waals surface area (Å²) in [5.74, 6) is 1.52. The number of benzene rings is 1. The molecule has 0 bridgehead atoms. The Morgan fingerprint density at radius 1 is 1.29 bits per heavy atom. The summed E-state index contributed by atoms with van der Waals surface area (Å²) in [5, 5.41) is 10.7. The van der Waals surface area contributed by atoms with Crippen LogP contribution in [0.1, 0.15) is 6.42 Å². The zero-order valence-corrected chi connectivity index (χ0v) is 10.1. The van der Waals surface area contributed by atoms with Gasteiger partial charge in [0, 0.05) is 30.6 Å². The van der Waals surface area contributed by atoms with Crippen LogP contribution in [0.5, 0.6) is 0 Å². The van der Waals surface area contributed by atoms with Crippen molar-refractivity contribution < 1.29 is 9.31 Å². The third-order valence-corrected chi connectivity index (χ3v) is 3.71. The molecule has 0 radical (unpaired) electrons. The number of thioether (sulfide) groups is 1. The van der Waals surface area contributed by atoms with E-state index in [1.54, 1.807) is 0 Å². The SMILES string of the molecule is O=[N+]([O-])c1cc(F)cc(N2CCCSCC2)c1. The summed E-state index contributed by atoms with van der Waals surface area (Å²) in [6.45, 7) is 1.64. The van der Waals surface area contributed by atoms with E-state index in [0.29, 0.717) is 5.69 Å². The quantitative estimate of drug-likeness (QED) is 0.603. The van der Waals surface area contributed by atoms with E-state index < -0.39 is 10.7 Å². The number of halogens is 1. The van der Waals surface area contributed by atoms with E-state index in [1.165, 1.54) is 12.1 Å². The van der Waals surface area contributed by atoms with Crippen LogP contribution in [0.15, 0.2) is 18.2 Å². The highest BCUT2D eigenvalue weighted by Gasteiger charge is 2.15. The average molecular weight is 256 g/mol. The van der Waals surface area contributed by atoms with Crippen LogP contribution >= 0.6 is 11.8 Å². The van der Waals surface area contributed by atoms with Crippen LogP contribution in [0, 0.1) is 15.9 Å². The van der Waals surface area contributed by atoms with Gasteiger partial charge < -0.3 is 4.90 Å². The molecule has 0 atom stereocenters. The van der Waals surface area contributed by atoms with Crippen molar-refractivity contribution in [3.63, 3.8) is 0 Å². The van der Waals surface area contributed by atoms with Crippen molar-refractivity contribution in [3.8, 4) is 0 Å². The van der Waals surface area contributed by atoms with Gasteiger partial charge in [0.1, 0.15) is 5.82 Å². The Balaban J connectivity index is 2.27. The first-order valence-electron chi connectivity index (χ1n) is 5.44. The lowest BCUT2D eigenvalue weighted by Crippen LogP contribution is -2.25. The van der Waals surface area contributed by atoms with Gasteiger partial charge in [0.15, 0.2) is 0 Å². The van der Waals surface area contributed by atoms with Crippen LogP contribution in [0.2, 0.25) is 0 Å². The molecule has 0 spiro atoms. The van der Waals surface area contributed by atoms with Crippen LogP contribution in [0.25, 0.3) is 0 Å². The van der Waals surface area contributed by atoms with Gasteiger partial charge in [0.2, 0.25) is 0 Å². The molecule has 0 aromatic heterocycles. The van der Waals surface area contributed by atoms with Crippen LogP contribution < -0.4 is 4.90 Å². The van der Waals surface area contributed by atoms with Crippen molar-refractivity contribution in [1.29, 1.82) is 0 Å². The van der Waals surface area contributed by atoms with Gasteiger partial charge in [-0.15, -0.1) is 0 Å². The molecule has 4 nitrogen and oxygen atoms in total. The molecule has 1 aliphatic heterocycles. The Morgan fingerprint density at radius 2 is 2.12 bits per heavy atom. The Labute approximate surface area is 103 Å². The molecule has 1 aromatic rings. The maximum absolute atomic E-state index is 13.3. The van der Waals surface area contributed by atoms with Gasteiger partial charge in [-0.05, 0) is 18.2 Å². The van der Waals surface area contributed by atoms with Crippen molar-refractivity contribution in [3.05, 3.63) is 34.1 Å². The normalized spacial score (nSPS) is 16.6. The van der Waals surface area contributed by atoms with E-state index in [-0.39, 0.29) is 5.69 Å². The van der Waals surface area contributed by atoms with E-state index in [9.17, 15) is 14.5 Å². The summed E-state index contributed by atoms with van der Waals surface area (Å²) >= 11 is 1.86. The molecule has 17 heavy (non-hydrogen) atoms. The number of nitrogens with zero attached hydrogens (tertiary/aromatic N) is 2. The van der Waals surface area contributed by atoms with Crippen molar-refractivity contribution in [2.75, 3.05) is 29.5 Å². The van der Waals surface area contributed by atoms with Crippen LogP contribution in [0.4, 0.5) is 15.8 Å². The second-order valence-corrected chi connectivity index (χ2v) is 5.10. The first kappa shape index (κ1) is 12.2. The Bertz CT molecular complexity index is 420. The lowest BCUT2D eigenvalue weighted by atomic mass is 10.2. The fraction of sp³-hybridized carbons (Fsp3) is 0.455. The first-order chi connectivity index (χ1) is 8.16. The number of anilines is 1. The predicted molar refractivity (Wildman–Crippen MR) is 67.2 cm³/mol. The molecule has 1 fully saturated rings. The van der Waals surface area contributed by atoms with Gasteiger partial charge in [-0.25, -0.2) is 4.39 Å². The van der Waals surface area contributed by atoms with E-state index in [1.807, 2.05) is 16.7 Å². The molecular formula is C11H13FN2O2S. The number of hydrogen-bond donors (Lipinski definition) is 0. The van der Waals surface area contributed by atoms with Gasteiger partial charge in [0.05, 0.1) is 11.0 Å². The molecular weight excluding hydrogens is 243 g/mol. The van der Waals surface area contributed by atoms with Crippen molar-refractivity contribution in [2.24, 2.45) is 0 Å². The molecule has 0 unspecified atom stereocenters. The van der Waals surface area contributed by atoms with Gasteiger partial charge in [-0.3, -0.25) is 10.1 Å². The molecule has 1 heterocycles. The van der Waals surface area contributed by atoms with E-state index in [4.69, 9.17) is 0 Å². The summed E-state index contributed by atoms with van der Waals surface area (Å²) in [4.78, 5) is 12.1. The third-order valence-electron chi connectivity index (χ3n) is 2.67. The fourth-order valence-corrected chi connectivity index (χ4v) is 2.74. The predicted octanol–water partition coefficient (Wildman–Crippen LogP) is 2.68. The number of nitro groups is 1. The molecule has 0 aliphatic carbocycles. The van der Waals surface area contributed by atoms with Crippen LogP contribution in [0.3, 0.4) is 0 Å². The largest absolute Gasteiger partial charge is 0.370 e. The third kappa shape index (κ3) is 3.09. The van der Waals surface area contributed by atoms with E-state index in [0.717, 1.165) is 37.1 Å². The highest BCUT2D eigenvalue weighted by molar-refractivity contribution is 7.99. The minimum Gasteiger partial charge on any atom is -0.370 e. The van der Waals surface area contributed by atoms with Gasteiger partial charge in [-0.1, -0.05) is 0 Å². The Kier molecular flexibility index (Phi) is 3.83. The second kappa shape index (κ2) is 5.35. The zero-order chi connectivity index (χ0) is 12.3. The van der Waals surface area contributed by atoms with Crippen molar-refractivity contribution >= 4 is 23.1 Å². The number of hydrogen-bond acceptors (Lipinski definition) is 4. The Hall–Kier alpha value is -1.30. The standard InChI is InChI=1S/C11H13FN2O2S/c12-9-6-10(8-11(7-9)14(15)16)13-2-1-4-17-5-3-13/h6-8H,1-5H2. The lowest BCUT2D eigenvalue weighted by Gasteiger charge is -2.22. The first-order valence-corrected chi connectivity index (χ1v) is 6.60. The van der Waals surface area contributed by atoms with E-state index in [2.05, 4.69) is 0 Å². The Morgan fingerprint density at radius 3 is 2.88 bits per heavy atom. The molecule has 6 heteroatoms. The summed E-state index contributed by atoms with van der Waals surface area (Å²) in [5.41, 5.74) is 0.427.